The van der Waals surface area contributed by atoms with E-state index in [0.717, 1.165) is 22.3 Å². The number of hydrogen-bond acceptors (Lipinski definition) is 5. The predicted octanol–water partition coefficient (Wildman–Crippen LogP) is 2.65. The van der Waals surface area contributed by atoms with E-state index in [9.17, 15) is 14.7 Å². The molecule has 0 aliphatic carbocycles. The summed E-state index contributed by atoms with van der Waals surface area (Å²) in [5.74, 6) is -0.958. The van der Waals surface area contributed by atoms with Gasteiger partial charge in [0.2, 0.25) is 5.91 Å². The van der Waals surface area contributed by atoms with Crippen molar-refractivity contribution in [2.24, 2.45) is 0 Å². The van der Waals surface area contributed by atoms with E-state index in [1.54, 1.807) is 12.4 Å². The van der Waals surface area contributed by atoms with Crippen LogP contribution in [0.1, 0.15) is 18.4 Å². The van der Waals surface area contributed by atoms with Gasteiger partial charge in [-0.05, 0) is 17.5 Å². The molecule has 0 aliphatic heterocycles. The monoisotopic (exact) mass is 391 g/mol. The van der Waals surface area contributed by atoms with Gasteiger partial charge >= 0.3 is 5.97 Å². The smallest absolute Gasteiger partial charge is 0.307 e. The lowest BCUT2D eigenvalue weighted by atomic mass is 10.1. The molecule has 3 N–H and O–H groups in total. The number of nitrogens with one attached hydrogen (secondary N) is 1. The number of aliphatic hydroxyl groups is 1. The number of benzene rings is 2. The number of hydrogen-bond donors (Lipinski definition) is 3. The number of aryl methyl sites for hydroxylation is 1. The van der Waals surface area contributed by atoms with Crippen LogP contribution in [-0.2, 0) is 16.0 Å². The van der Waals surface area contributed by atoms with Gasteiger partial charge in [0.1, 0.15) is 6.23 Å². The van der Waals surface area contributed by atoms with Crippen molar-refractivity contribution in [2.75, 3.05) is 0 Å². The lowest BCUT2D eigenvalue weighted by Gasteiger charge is -2.10. The molecule has 7 nitrogen and oxygen atoms in total. The average Bonchev–Trinajstić information content (AvgIpc) is 2.73. The molecule has 148 valence electrons. The molecule has 1 atom stereocenters. The van der Waals surface area contributed by atoms with Gasteiger partial charge in [-0.1, -0.05) is 54.6 Å². The molecule has 0 saturated carbocycles. The van der Waals surface area contributed by atoms with E-state index >= 15 is 0 Å². The number of carbonyl (C=O) groups is 2. The minimum Gasteiger partial charge on any atom is -0.481 e. The van der Waals surface area contributed by atoms with Crippen LogP contribution in [0.4, 0.5) is 0 Å². The van der Waals surface area contributed by atoms with Gasteiger partial charge in [0.15, 0.2) is 5.82 Å². The molecular weight excluding hydrogens is 370 g/mol. The maximum atomic E-state index is 11.8. The summed E-state index contributed by atoms with van der Waals surface area (Å²) in [5, 5.41) is 20.2. The molecule has 3 rings (SSSR count). The standard InChI is InChI=1S/C22H21N3O4/c26-19(25-20(27)12-21(28)29)11-8-15-6-9-17(10-7-15)22-23-13-18(14-24-22)16-4-2-1-3-5-16/h1-7,9-10,13-14,20,27H,8,11-12H2,(H,25,26)(H,28,29). The number of aliphatic hydroxyl groups excluding tert-OH is 1. The molecule has 1 heterocycles. The van der Waals surface area contributed by atoms with Crippen molar-refractivity contribution in [2.45, 2.75) is 25.5 Å². The fourth-order valence-electron chi connectivity index (χ4n) is 2.81. The van der Waals surface area contributed by atoms with Crippen molar-refractivity contribution in [3.63, 3.8) is 0 Å². The van der Waals surface area contributed by atoms with Crippen LogP contribution in [0.3, 0.4) is 0 Å². The number of carbonyl (C=O) groups excluding carboxylic acids is 1. The predicted molar refractivity (Wildman–Crippen MR) is 108 cm³/mol. The van der Waals surface area contributed by atoms with Gasteiger partial charge in [-0.2, -0.15) is 0 Å². The third-order valence-corrected chi connectivity index (χ3v) is 4.31. The first-order valence-electron chi connectivity index (χ1n) is 9.17. The minimum atomic E-state index is -1.38. The number of aromatic nitrogens is 2. The number of amides is 1. The first-order chi connectivity index (χ1) is 14.0. The quantitative estimate of drug-likeness (QED) is 0.509. The van der Waals surface area contributed by atoms with Crippen molar-refractivity contribution < 1.29 is 19.8 Å². The minimum absolute atomic E-state index is 0.151. The zero-order valence-electron chi connectivity index (χ0n) is 15.7. The van der Waals surface area contributed by atoms with E-state index in [-0.39, 0.29) is 6.42 Å². The highest BCUT2D eigenvalue weighted by molar-refractivity contribution is 5.77. The zero-order valence-corrected chi connectivity index (χ0v) is 15.7. The second-order valence-electron chi connectivity index (χ2n) is 6.54. The van der Waals surface area contributed by atoms with Crippen molar-refractivity contribution in [1.29, 1.82) is 0 Å². The lowest BCUT2D eigenvalue weighted by molar-refractivity contribution is -0.140. The van der Waals surface area contributed by atoms with Gasteiger partial charge in [0.25, 0.3) is 0 Å². The summed E-state index contributed by atoms with van der Waals surface area (Å²) in [7, 11) is 0. The Kier molecular flexibility index (Phi) is 6.65. The third-order valence-electron chi connectivity index (χ3n) is 4.31. The molecule has 0 saturated heterocycles. The van der Waals surface area contributed by atoms with Crippen LogP contribution in [0, 0.1) is 0 Å². The molecule has 2 aromatic carbocycles. The van der Waals surface area contributed by atoms with Gasteiger partial charge in [0, 0.05) is 29.9 Å². The third kappa shape index (κ3) is 5.95. The van der Waals surface area contributed by atoms with E-state index in [1.807, 2.05) is 54.6 Å². The molecule has 1 unspecified atom stereocenters. The van der Waals surface area contributed by atoms with E-state index in [2.05, 4.69) is 15.3 Å². The Labute approximate surface area is 168 Å². The molecule has 29 heavy (non-hydrogen) atoms. The maximum absolute atomic E-state index is 11.8. The highest BCUT2D eigenvalue weighted by Gasteiger charge is 2.12. The molecule has 0 radical (unpaired) electrons. The van der Waals surface area contributed by atoms with Gasteiger partial charge in [-0.25, -0.2) is 9.97 Å². The lowest BCUT2D eigenvalue weighted by Crippen LogP contribution is -2.36. The molecule has 1 aromatic heterocycles. The van der Waals surface area contributed by atoms with E-state index in [0.29, 0.717) is 12.2 Å². The molecule has 1 amide bonds. The number of carboxylic acids is 1. The first-order valence-corrected chi connectivity index (χ1v) is 9.17. The summed E-state index contributed by atoms with van der Waals surface area (Å²) in [6.45, 7) is 0. The van der Waals surface area contributed by atoms with Crippen molar-refractivity contribution >= 4 is 11.9 Å². The topological polar surface area (TPSA) is 112 Å². The first kappa shape index (κ1) is 20.2. The summed E-state index contributed by atoms with van der Waals surface area (Å²) in [6.07, 6.45) is 2.30. The Bertz CT molecular complexity index is 958. The van der Waals surface area contributed by atoms with Gasteiger partial charge in [-0.3, -0.25) is 9.59 Å². The fraction of sp³-hybridized carbons (Fsp3) is 0.182. The van der Waals surface area contributed by atoms with Gasteiger partial charge in [-0.15, -0.1) is 0 Å². The summed E-state index contributed by atoms with van der Waals surface area (Å²) < 4.78 is 0. The van der Waals surface area contributed by atoms with E-state index in [1.165, 1.54) is 0 Å². The molecule has 0 spiro atoms. The Balaban J connectivity index is 1.56. The zero-order chi connectivity index (χ0) is 20.6. The molecule has 0 fully saturated rings. The number of rotatable bonds is 8. The Morgan fingerprint density at radius 1 is 0.897 bits per heavy atom. The van der Waals surface area contributed by atoms with Crippen LogP contribution >= 0.6 is 0 Å². The Hall–Kier alpha value is -3.58. The normalized spacial score (nSPS) is 11.6. The van der Waals surface area contributed by atoms with Crippen molar-refractivity contribution in [3.05, 3.63) is 72.6 Å². The molecule has 7 heteroatoms. The number of nitrogens with zero attached hydrogens (tertiary/aromatic N) is 2. The Morgan fingerprint density at radius 3 is 2.17 bits per heavy atom. The van der Waals surface area contributed by atoms with Gasteiger partial charge in [0.05, 0.1) is 6.42 Å². The SMILES string of the molecule is O=C(O)CC(O)NC(=O)CCc1ccc(-c2ncc(-c3ccccc3)cn2)cc1. The van der Waals surface area contributed by atoms with Crippen LogP contribution < -0.4 is 5.32 Å². The summed E-state index contributed by atoms with van der Waals surface area (Å²) in [4.78, 5) is 31.1. The highest BCUT2D eigenvalue weighted by atomic mass is 16.4. The number of aliphatic carboxylic acids is 1. The highest BCUT2D eigenvalue weighted by Crippen LogP contribution is 2.20. The fourth-order valence-corrected chi connectivity index (χ4v) is 2.81. The van der Waals surface area contributed by atoms with Crippen LogP contribution in [0.5, 0.6) is 0 Å². The molecular formula is C22H21N3O4. The van der Waals surface area contributed by atoms with Crippen LogP contribution in [0.15, 0.2) is 67.0 Å². The molecule has 3 aromatic rings. The molecule has 0 aliphatic rings. The van der Waals surface area contributed by atoms with E-state index < -0.39 is 24.5 Å². The van der Waals surface area contributed by atoms with Crippen LogP contribution in [-0.4, -0.2) is 38.3 Å². The second-order valence-corrected chi connectivity index (χ2v) is 6.54. The van der Waals surface area contributed by atoms with Crippen molar-refractivity contribution in [3.8, 4) is 22.5 Å². The van der Waals surface area contributed by atoms with E-state index in [4.69, 9.17) is 5.11 Å². The largest absolute Gasteiger partial charge is 0.481 e. The van der Waals surface area contributed by atoms with Crippen LogP contribution in [0.2, 0.25) is 0 Å². The summed E-state index contributed by atoms with van der Waals surface area (Å²) >= 11 is 0. The van der Waals surface area contributed by atoms with Gasteiger partial charge < -0.3 is 15.5 Å². The second kappa shape index (κ2) is 9.57. The Morgan fingerprint density at radius 2 is 1.55 bits per heavy atom. The summed E-state index contributed by atoms with van der Waals surface area (Å²) in [6, 6.07) is 17.5. The average molecular weight is 391 g/mol. The van der Waals surface area contributed by atoms with Crippen LogP contribution in [0.25, 0.3) is 22.5 Å². The number of carboxylic acid groups (broad SMARTS) is 1. The van der Waals surface area contributed by atoms with Crippen molar-refractivity contribution in [1.82, 2.24) is 15.3 Å². The maximum Gasteiger partial charge on any atom is 0.307 e. The summed E-state index contributed by atoms with van der Waals surface area (Å²) in [5.41, 5.74) is 3.82. The molecule has 0 bridgehead atoms.